The number of phenols is 1. The molecule has 0 bridgehead atoms. The molecule has 0 spiro atoms. The number of hydrogen-bond donors (Lipinski definition) is 2. The van der Waals surface area contributed by atoms with Crippen LogP contribution >= 0.6 is 0 Å². The second-order valence-corrected chi connectivity index (χ2v) is 5.35. The number of carboxylic acid groups (broad SMARTS) is 1. The Morgan fingerprint density at radius 2 is 1.64 bits per heavy atom. The molecule has 0 heterocycles. The number of fused-ring (bicyclic) bond motifs is 1. The van der Waals surface area contributed by atoms with Crippen molar-refractivity contribution in [3.63, 3.8) is 0 Å². The second-order valence-electron chi connectivity index (χ2n) is 5.35. The van der Waals surface area contributed by atoms with E-state index < -0.39 is 5.97 Å². The molecule has 3 heteroatoms. The topological polar surface area (TPSA) is 57.5 Å². The van der Waals surface area contributed by atoms with E-state index in [9.17, 15) is 15.0 Å². The first-order valence-corrected chi connectivity index (χ1v) is 7.12. The predicted molar refractivity (Wildman–Crippen MR) is 86.5 cm³/mol. The molecule has 0 saturated heterocycles. The second kappa shape index (κ2) is 5.53. The fourth-order valence-electron chi connectivity index (χ4n) is 2.83. The van der Waals surface area contributed by atoms with Gasteiger partial charge < -0.3 is 10.2 Å². The maximum atomic E-state index is 11.6. The summed E-state index contributed by atoms with van der Waals surface area (Å²) in [4.78, 5) is 11.6. The SMILES string of the molecule is CC(c1ccccc1)c1cc2ccccc2c(C(=O)O)c1O. The van der Waals surface area contributed by atoms with Gasteiger partial charge in [0, 0.05) is 11.5 Å². The fraction of sp³-hybridized carbons (Fsp3) is 0.105. The molecular weight excluding hydrogens is 276 g/mol. The standard InChI is InChI=1S/C19H16O3/c1-12(13-7-3-2-4-8-13)16-11-14-9-5-6-10-15(14)17(18(16)20)19(21)22/h2-12,20H,1H3,(H,21,22). The van der Waals surface area contributed by atoms with Gasteiger partial charge >= 0.3 is 5.97 Å². The molecule has 22 heavy (non-hydrogen) atoms. The minimum Gasteiger partial charge on any atom is -0.507 e. The van der Waals surface area contributed by atoms with Gasteiger partial charge in [-0.05, 0) is 22.4 Å². The summed E-state index contributed by atoms with van der Waals surface area (Å²) >= 11 is 0. The average molecular weight is 292 g/mol. The highest BCUT2D eigenvalue weighted by Crippen LogP contribution is 2.38. The van der Waals surface area contributed by atoms with Crippen molar-refractivity contribution >= 4 is 16.7 Å². The number of carbonyl (C=O) groups is 1. The van der Waals surface area contributed by atoms with Crippen LogP contribution in [0.2, 0.25) is 0 Å². The monoisotopic (exact) mass is 292 g/mol. The van der Waals surface area contributed by atoms with Gasteiger partial charge in [0.15, 0.2) is 0 Å². The van der Waals surface area contributed by atoms with Gasteiger partial charge in [-0.3, -0.25) is 0 Å². The molecule has 3 aromatic carbocycles. The van der Waals surface area contributed by atoms with Gasteiger partial charge in [0.05, 0.1) is 0 Å². The highest BCUT2D eigenvalue weighted by atomic mass is 16.4. The van der Waals surface area contributed by atoms with Gasteiger partial charge in [-0.25, -0.2) is 4.79 Å². The minimum atomic E-state index is -1.11. The van der Waals surface area contributed by atoms with Crippen LogP contribution in [0.15, 0.2) is 60.7 Å². The number of hydrogen-bond acceptors (Lipinski definition) is 2. The summed E-state index contributed by atoms with van der Waals surface area (Å²) in [5, 5.41) is 21.4. The predicted octanol–water partition coefficient (Wildman–Crippen LogP) is 4.40. The van der Waals surface area contributed by atoms with Crippen molar-refractivity contribution in [3.05, 3.63) is 77.4 Å². The molecule has 2 N–H and O–H groups in total. The Kier molecular flexibility index (Phi) is 3.55. The van der Waals surface area contributed by atoms with Crippen LogP contribution in [-0.2, 0) is 0 Å². The lowest BCUT2D eigenvalue weighted by Crippen LogP contribution is -2.04. The molecule has 3 nitrogen and oxygen atoms in total. The smallest absolute Gasteiger partial charge is 0.340 e. The number of aromatic hydroxyl groups is 1. The van der Waals surface area contributed by atoms with Crippen molar-refractivity contribution in [1.82, 2.24) is 0 Å². The molecule has 3 rings (SSSR count). The van der Waals surface area contributed by atoms with Crippen molar-refractivity contribution in [2.24, 2.45) is 0 Å². The maximum absolute atomic E-state index is 11.6. The Hall–Kier alpha value is -2.81. The van der Waals surface area contributed by atoms with Crippen molar-refractivity contribution < 1.29 is 15.0 Å². The molecule has 110 valence electrons. The number of aromatic carboxylic acids is 1. The summed E-state index contributed by atoms with van der Waals surface area (Å²) in [6.07, 6.45) is 0. The van der Waals surface area contributed by atoms with Crippen LogP contribution in [0, 0.1) is 0 Å². The van der Waals surface area contributed by atoms with E-state index in [1.807, 2.05) is 55.5 Å². The summed E-state index contributed by atoms with van der Waals surface area (Å²) in [6, 6.07) is 18.8. The van der Waals surface area contributed by atoms with E-state index in [1.165, 1.54) is 0 Å². The lowest BCUT2D eigenvalue weighted by molar-refractivity contribution is 0.0696. The van der Waals surface area contributed by atoms with Crippen molar-refractivity contribution in [1.29, 1.82) is 0 Å². The summed E-state index contributed by atoms with van der Waals surface area (Å²) in [7, 11) is 0. The third-order valence-electron chi connectivity index (χ3n) is 4.03. The Balaban J connectivity index is 2.27. The fourth-order valence-corrected chi connectivity index (χ4v) is 2.83. The normalized spacial score (nSPS) is 12.2. The average Bonchev–Trinajstić information content (AvgIpc) is 2.54. The molecule has 0 aliphatic carbocycles. The Morgan fingerprint density at radius 3 is 2.32 bits per heavy atom. The van der Waals surface area contributed by atoms with Gasteiger partial charge in [0.2, 0.25) is 0 Å². The quantitative estimate of drug-likeness (QED) is 0.752. The molecular formula is C19H16O3. The zero-order valence-corrected chi connectivity index (χ0v) is 12.2. The van der Waals surface area contributed by atoms with Gasteiger partial charge in [-0.2, -0.15) is 0 Å². The van der Waals surface area contributed by atoms with Gasteiger partial charge in [-0.15, -0.1) is 0 Å². The van der Waals surface area contributed by atoms with Gasteiger partial charge in [0.25, 0.3) is 0 Å². The third kappa shape index (κ3) is 2.31. The highest BCUT2D eigenvalue weighted by molar-refractivity contribution is 6.06. The van der Waals surface area contributed by atoms with Crippen molar-refractivity contribution in [3.8, 4) is 5.75 Å². The third-order valence-corrected chi connectivity index (χ3v) is 4.03. The molecule has 0 aromatic heterocycles. The van der Waals surface area contributed by atoms with E-state index in [4.69, 9.17) is 0 Å². The lowest BCUT2D eigenvalue weighted by Gasteiger charge is -2.17. The molecule has 0 radical (unpaired) electrons. The largest absolute Gasteiger partial charge is 0.507 e. The number of rotatable bonds is 3. The van der Waals surface area contributed by atoms with E-state index in [0.29, 0.717) is 10.9 Å². The van der Waals surface area contributed by atoms with Crippen LogP contribution in [0.5, 0.6) is 5.75 Å². The minimum absolute atomic E-state index is 0.0316. The van der Waals surface area contributed by atoms with E-state index in [-0.39, 0.29) is 17.2 Å². The Bertz CT molecular complexity index is 838. The zero-order chi connectivity index (χ0) is 15.7. The molecule has 0 saturated carbocycles. The molecule has 0 aliphatic rings. The van der Waals surface area contributed by atoms with Gasteiger partial charge in [0.1, 0.15) is 11.3 Å². The van der Waals surface area contributed by atoms with Crippen LogP contribution in [0.4, 0.5) is 0 Å². The summed E-state index contributed by atoms with van der Waals surface area (Å²) in [6.45, 7) is 1.96. The molecule has 1 atom stereocenters. The summed E-state index contributed by atoms with van der Waals surface area (Å²) in [5.41, 5.74) is 1.63. The van der Waals surface area contributed by atoms with Crippen LogP contribution < -0.4 is 0 Å². The van der Waals surface area contributed by atoms with Crippen LogP contribution in [0.3, 0.4) is 0 Å². The molecule has 0 amide bonds. The first-order chi connectivity index (χ1) is 10.6. The van der Waals surface area contributed by atoms with Gasteiger partial charge in [-0.1, -0.05) is 61.5 Å². The first kappa shape index (κ1) is 14.1. The van der Waals surface area contributed by atoms with Crippen LogP contribution in [0.1, 0.15) is 34.3 Å². The van der Waals surface area contributed by atoms with E-state index in [1.54, 1.807) is 12.1 Å². The molecule has 0 fully saturated rings. The van der Waals surface area contributed by atoms with Crippen LogP contribution in [0.25, 0.3) is 10.8 Å². The van der Waals surface area contributed by atoms with Crippen molar-refractivity contribution in [2.45, 2.75) is 12.8 Å². The highest BCUT2D eigenvalue weighted by Gasteiger charge is 2.21. The summed E-state index contributed by atoms with van der Waals surface area (Å²) in [5.74, 6) is -1.36. The molecule has 0 aliphatic heterocycles. The lowest BCUT2D eigenvalue weighted by atomic mass is 9.88. The number of carboxylic acids is 1. The summed E-state index contributed by atoms with van der Waals surface area (Å²) < 4.78 is 0. The zero-order valence-electron chi connectivity index (χ0n) is 12.2. The first-order valence-electron chi connectivity index (χ1n) is 7.12. The van der Waals surface area contributed by atoms with E-state index in [2.05, 4.69) is 0 Å². The maximum Gasteiger partial charge on any atom is 0.340 e. The molecule has 3 aromatic rings. The van der Waals surface area contributed by atoms with E-state index >= 15 is 0 Å². The van der Waals surface area contributed by atoms with Crippen LogP contribution in [-0.4, -0.2) is 16.2 Å². The number of benzene rings is 3. The Morgan fingerprint density at radius 1 is 1.00 bits per heavy atom. The Labute approximate surface area is 128 Å². The van der Waals surface area contributed by atoms with Crippen molar-refractivity contribution in [2.75, 3.05) is 0 Å². The molecule has 1 unspecified atom stereocenters. The van der Waals surface area contributed by atoms with E-state index in [0.717, 1.165) is 10.9 Å².